The molecule has 3 aliphatic rings. The SMILES string of the molecule is C1=CC2=C(CC1)C1(c3ccccc3Oc3cc(-c4ccc(-c5nc(-c6ccccc6)cc(-c6ccccc6)n5)cc4)ccc31)c1ccccc12. The fourth-order valence-electron chi connectivity index (χ4n) is 8.26. The lowest BCUT2D eigenvalue weighted by Crippen LogP contribution is -2.33. The highest BCUT2D eigenvalue weighted by atomic mass is 16.5. The zero-order valence-electron chi connectivity index (χ0n) is 27.4. The average Bonchev–Trinajstić information content (AvgIpc) is 3.49. The van der Waals surface area contributed by atoms with Gasteiger partial charge < -0.3 is 4.74 Å². The highest BCUT2D eigenvalue weighted by molar-refractivity contribution is 5.92. The maximum Gasteiger partial charge on any atom is 0.160 e. The number of hydrogen-bond acceptors (Lipinski definition) is 3. The van der Waals surface area contributed by atoms with Crippen molar-refractivity contribution in [3.8, 4) is 56.5 Å². The Bertz CT molecular complexity index is 2440. The van der Waals surface area contributed by atoms with Gasteiger partial charge in [0.15, 0.2) is 5.82 Å². The predicted molar refractivity (Wildman–Crippen MR) is 202 cm³/mol. The Hall–Kier alpha value is -6.32. The van der Waals surface area contributed by atoms with E-state index >= 15 is 0 Å². The minimum absolute atomic E-state index is 0.374. The van der Waals surface area contributed by atoms with E-state index in [1.807, 2.05) is 36.4 Å². The maximum absolute atomic E-state index is 6.76. The molecule has 1 atom stereocenters. The quantitative estimate of drug-likeness (QED) is 0.192. The number of hydrogen-bond donors (Lipinski definition) is 0. The molecule has 50 heavy (non-hydrogen) atoms. The number of rotatable bonds is 4. The molecule has 0 radical (unpaired) electrons. The minimum atomic E-state index is -0.374. The van der Waals surface area contributed by atoms with Crippen molar-refractivity contribution in [2.24, 2.45) is 0 Å². The Labute approximate surface area is 291 Å². The summed E-state index contributed by atoms with van der Waals surface area (Å²) in [5, 5.41) is 0. The number of para-hydroxylation sites is 1. The molecule has 0 amide bonds. The van der Waals surface area contributed by atoms with Gasteiger partial charge in [-0.3, -0.25) is 0 Å². The number of ether oxygens (including phenoxy) is 1. The first-order valence-corrected chi connectivity index (χ1v) is 17.3. The third-order valence-electron chi connectivity index (χ3n) is 10.5. The zero-order valence-corrected chi connectivity index (χ0v) is 27.4. The van der Waals surface area contributed by atoms with E-state index in [9.17, 15) is 0 Å². The molecular weight excluding hydrogens is 609 g/mol. The number of fused-ring (bicyclic) bond motifs is 8. The van der Waals surface area contributed by atoms with Gasteiger partial charge in [0, 0.05) is 27.8 Å². The fraction of sp³-hybridized carbons (Fsp3) is 0.0638. The van der Waals surface area contributed by atoms with Gasteiger partial charge in [-0.05, 0) is 64.4 Å². The Morgan fingerprint density at radius 2 is 1.08 bits per heavy atom. The van der Waals surface area contributed by atoms with Crippen LogP contribution in [0.1, 0.15) is 35.1 Å². The first-order chi connectivity index (χ1) is 24.8. The predicted octanol–water partition coefficient (Wildman–Crippen LogP) is 11.7. The molecule has 0 N–H and O–H groups in total. The summed E-state index contributed by atoms with van der Waals surface area (Å²) in [6.45, 7) is 0. The fourth-order valence-corrected chi connectivity index (χ4v) is 8.26. The second-order valence-corrected chi connectivity index (χ2v) is 13.2. The van der Waals surface area contributed by atoms with Crippen LogP contribution in [-0.2, 0) is 5.41 Å². The smallest absolute Gasteiger partial charge is 0.160 e. The van der Waals surface area contributed by atoms with E-state index < -0.39 is 0 Å². The summed E-state index contributed by atoms with van der Waals surface area (Å²) >= 11 is 0. The molecule has 2 heterocycles. The van der Waals surface area contributed by atoms with Gasteiger partial charge in [0.05, 0.1) is 16.8 Å². The largest absolute Gasteiger partial charge is 0.457 e. The third kappa shape index (κ3) is 4.37. The Morgan fingerprint density at radius 1 is 0.480 bits per heavy atom. The van der Waals surface area contributed by atoms with Crippen LogP contribution in [-0.4, -0.2) is 9.97 Å². The topological polar surface area (TPSA) is 35.0 Å². The molecule has 3 heteroatoms. The van der Waals surface area contributed by atoms with Gasteiger partial charge in [-0.15, -0.1) is 0 Å². The van der Waals surface area contributed by atoms with Crippen LogP contribution in [0.5, 0.6) is 11.5 Å². The van der Waals surface area contributed by atoms with Gasteiger partial charge in [-0.1, -0.05) is 152 Å². The number of nitrogens with zero attached hydrogens (tertiary/aromatic N) is 2. The van der Waals surface area contributed by atoms with Crippen molar-refractivity contribution in [2.45, 2.75) is 18.3 Å². The first-order valence-electron chi connectivity index (χ1n) is 17.3. The Morgan fingerprint density at radius 3 is 1.82 bits per heavy atom. The molecule has 10 rings (SSSR count). The van der Waals surface area contributed by atoms with Gasteiger partial charge in [-0.25, -0.2) is 9.97 Å². The maximum atomic E-state index is 6.76. The number of benzene rings is 6. The van der Waals surface area contributed by atoms with Crippen molar-refractivity contribution in [3.63, 3.8) is 0 Å². The minimum Gasteiger partial charge on any atom is -0.457 e. The van der Waals surface area contributed by atoms with Crippen molar-refractivity contribution < 1.29 is 4.74 Å². The lowest BCUT2D eigenvalue weighted by molar-refractivity contribution is 0.432. The van der Waals surface area contributed by atoms with E-state index in [2.05, 4.69) is 133 Å². The molecule has 0 saturated carbocycles. The standard InChI is InChI=1S/C47H32N2O/c1-3-13-32(14-4-1)42-30-43(33-15-5-2-6-16-33)49-46(48-42)34-25-23-31(24-26-34)35-27-28-41-45(29-35)50-44-22-12-11-21-40(44)47(41)38-19-9-7-17-36(38)37-18-8-10-20-39(37)47/h1-9,11-19,21-30H,10,20H2. The van der Waals surface area contributed by atoms with E-state index in [1.54, 1.807) is 0 Å². The van der Waals surface area contributed by atoms with Crippen molar-refractivity contribution in [3.05, 3.63) is 198 Å². The first kappa shape index (κ1) is 28.7. The molecule has 7 aromatic rings. The molecule has 0 saturated heterocycles. The number of aromatic nitrogens is 2. The summed E-state index contributed by atoms with van der Waals surface area (Å²) in [6, 6.07) is 55.6. The third-order valence-corrected chi connectivity index (χ3v) is 10.5. The van der Waals surface area contributed by atoms with Crippen molar-refractivity contribution in [1.82, 2.24) is 9.97 Å². The molecule has 1 spiro atoms. The monoisotopic (exact) mass is 640 g/mol. The van der Waals surface area contributed by atoms with Crippen molar-refractivity contribution in [1.29, 1.82) is 0 Å². The van der Waals surface area contributed by atoms with Crippen LogP contribution in [0, 0.1) is 0 Å². The van der Waals surface area contributed by atoms with Crippen LogP contribution in [0.3, 0.4) is 0 Å². The van der Waals surface area contributed by atoms with Gasteiger partial charge in [0.25, 0.3) is 0 Å². The van der Waals surface area contributed by atoms with E-state index in [-0.39, 0.29) is 5.41 Å². The summed E-state index contributed by atoms with van der Waals surface area (Å²) in [5.41, 5.74) is 14.7. The molecule has 2 aliphatic carbocycles. The molecule has 0 fully saturated rings. The molecule has 3 nitrogen and oxygen atoms in total. The van der Waals surface area contributed by atoms with Gasteiger partial charge >= 0.3 is 0 Å². The van der Waals surface area contributed by atoms with Crippen molar-refractivity contribution in [2.75, 3.05) is 0 Å². The summed E-state index contributed by atoms with van der Waals surface area (Å²) in [4.78, 5) is 10.1. The lowest BCUT2D eigenvalue weighted by atomic mass is 9.64. The molecule has 1 aliphatic heterocycles. The van der Waals surface area contributed by atoms with Crippen LogP contribution in [0.2, 0.25) is 0 Å². The summed E-state index contributed by atoms with van der Waals surface area (Å²) in [7, 11) is 0. The molecule has 1 aromatic heterocycles. The van der Waals surface area contributed by atoms with Gasteiger partial charge in [0.1, 0.15) is 11.5 Å². The van der Waals surface area contributed by atoms with E-state index in [0.717, 1.165) is 63.5 Å². The Kier molecular flexibility index (Phi) is 6.53. The van der Waals surface area contributed by atoms with Gasteiger partial charge in [-0.2, -0.15) is 0 Å². The van der Waals surface area contributed by atoms with Gasteiger partial charge in [0.2, 0.25) is 0 Å². The summed E-state index contributed by atoms with van der Waals surface area (Å²) < 4.78 is 6.76. The summed E-state index contributed by atoms with van der Waals surface area (Å²) in [6.07, 6.45) is 6.72. The Balaban J connectivity index is 1.07. The summed E-state index contributed by atoms with van der Waals surface area (Å²) in [5.74, 6) is 2.54. The molecule has 1 unspecified atom stereocenters. The highest BCUT2D eigenvalue weighted by Gasteiger charge is 2.51. The van der Waals surface area contributed by atoms with E-state index in [0.29, 0.717) is 5.82 Å². The van der Waals surface area contributed by atoms with E-state index in [1.165, 1.54) is 33.4 Å². The number of allylic oxidation sites excluding steroid dienone is 4. The highest BCUT2D eigenvalue weighted by Crippen LogP contribution is 2.63. The molecule has 6 aromatic carbocycles. The lowest BCUT2D eigenvalue weighted by Gasteiger charge is -2.41. The van der Waals surface area contributed by atoms with Crippen LogP contribution < -0.4 is 4.74 Å². The molecule has 0 bridgehead atoms. The second-order valence-electron chi connectivity index (χ2n) is 13.2. The van der Waals surface area contributed by atoms with Crippen LogP contribution in [0.15, 0.2) is 175 Å². The second kappa shape index (κ2) is 11.4. The van der Waals surface area contributed by atoms with Crippen LogP contribution in [0.4, 0.5) is 0 Å². The molecule has 236 valence electrons. The van der Waals surface area contributed by atoms with E-state index in [4.69, 9.17) is 14.7 Å². The average molecular weight is 641 g/mol. The molecular formula is C47H32N2O. The van der Waals surface area contributed by atoms with Crippen molar-refractivity contribution >= 4 is 5.57 Å². The normalized spacial score (nSPS) is 16.7. The van der Waals surface area contributed by atoms with Crippen LogP contribution >= 0.6 is 0 Å². The zero-order chi connectivity index (χ0) is 33.1. The van der Waals surface area contributed by atoms with Crippen LogP contribution in [0.25, 0.3) is 50.6 Å².